The molecular weight excluding hydrogens is 288 g/mol. The fraction of sp³-hybridized carbons (Fsp3) is 0.529. The van der Waals surface area contributed by atoms with Crippen molar-refractivity contribution in [3.05, 3.63) is 34.2 Å². The lowest BCUT2D eigenvalue weighted by Gasteiger charge is -2.10. The Kier molecular flexibility index (Phi) is 5.33. The van der Waals surface area contributed by atoms with Gasteiger partial charge in [-0.15, -0.1) is 11.3 Å². The van der Waals surface area contributed by atoms with Crippen LogP contribution in [-0.2, 0) is 13.0 Å². The summed E-state index contributed by atoms with van der Waals surface area (Å²) in [6.45, 7) is 10.2. The number of thiophene rings is 1. The first-order valence-electron chi connectivity index (χ1n) is 7.48. The number of nitrogens with one attached hydrogen (secondary N) is 1. The monoisotopic (exact) mass is 311 g/mol. The molecule has 0 fully saturated rings. The van der Waals surface area contributed by atoms with Gasteiger partial charge in [-0.05, 0) is 36.4 Å². The number of hydrogen-bond acceptors (Lipinski definition) is 2. The molecule has 0 amide bonds. The fourth-order valence-corrected chi connectivity index (χ4v) is 3.66. The molecule has 0 radical (unpaired) electrons. The van der Waals surface area contributed by atoms with Crippen molar-refractivity contribution in [1.82, 2.24) is 5.32 Å². The van der Waals surface area contributed by atoms with Crippen molar-refractivity contribution < 1.29 is 8.78 Å². The molecule has 0 saturated heterocycles. The molecule has 0 aliphatic rings. The van der Waals surface area contributed by atoms with Crippen LogP contribution in [0.25, 0.3) is 10.1 Å². The second-order valence-electron chi connectivity index (χ2n) is 6.39. The average Bonchev–Trinajstić information content (AvgIpc) is 2.67. The topological polar surface area (TPSA) is 12.0 Å². The molecule has 1 aromatic heterocycles. The molecule has 0 saturated carbocycles. The van der Waals surface area contributed by atoms with Gasteiger partial charge in [-0.3, -0.25) is 0 Å². The zero-order valence-electron chi connectivity index (χ0n) is 13.1. The Bertz CT molecular complexity index is 617. The highest BCUT2D eigenvalue weighted by Gasteiger charge is 2.17. The first-order valence-corrected chi connectivity index (χ1v) is 8.30. The highest BCUT2D eigenvalue weighted by atomic mass is 32.1. The van der Waals surface area contributed by atoms with Crippen LogP contribution in [0.3, 0.4) is 0 Å². The van der Waals surface area contributed by atoms with Gasteiger partial charge < -0.3 is 5.32 Å². The van der Waals surface area contributed by atoms with Crippen molar-refractivity contribution in [2.75, 3.05) is 6.54 Å². The standard InChI is InChI=1S/C17H23F2NS/c1-10(2)5-13-14-6-12(18)7-15(19)17(14)21-16(13)9-20-8-11(3)4/h6-7,10-11,20H,5,8-9H2,1-4H3. The van der Waals surface area contributed by atoms with E-state index >= 15 is 0 Å². The molecule has 0 spiro atoms. The second kappa shape index (κ2) is 6.84. The van der Waals surface area contributed by atoms with Crippen LogP contribution in [0.5, 0.6) is 0 Å². The van der Waals surface area contributed by atoms with E-state index in [4.69, 9.17) is 0 Å². The Morgan fingerprint density at radius 2 is 1.81 bits per heavy atom. The summed E-state index contributed by atoms with van der Waals surface area (Å²) in [5.74, 6) is 0.0831. The van der Waals surface area contributed by atoms with Gasteiger partial charge in [0.05, 0.1) is 4.70 Å². The molecule has 2 rings (SSSR count). The number of rotatable bonds is 6. The molecule has 1 aromatic carbocycles. The van der Waals surface area contributed by atoms with Crippen LogP contribution in [0.1, 0.15) is 38.1 Å². The number of halogens is 2. The van der Waals surface area contributed by atoms with Gasteiger partial charge in [0.1, 0.15) is 11.6 Å². The van der Waals surface area contributed by atoms with Gasteiger partial charge in [-0.1, -0.05) is 27.7 Å². The van der Waals surface area contributed by atoms with E-state index in [0.717, 1.165) is 41.4 Å². The van der Waals surface area contributed by atoms with Crippen molar-refractivity contribution in [2.24, 2.45) is 11.8 Å². The highest BCUT2D eigenvalue weighted by molar-refractivity contribution is 7.19. The second-order valence-corrected chi connectivity index (χ2v) is 7.50. The molecule has 1 heterocycles. The van der Waals surface area contributed by atoms with E-state index in [1.165, 1.54) is 17.4 Å². The lowest BCUT2D eigenvalue weighted by Crippen LogP contribution is -2.19. The Morgan fingerprint density at radius 3 is 2.43 bits per heavy atom. The summed E-state index contributed by atoms with van der Waals surface area (Å²) in [5.41, 5.74) is 1.10. The molecule has 1 N–H and O–H groups in total. The predicted octanol–water partition coefficient (Wildman–Crippen LogP) is 5.12. The molecule has 0 atom stereocenters. The maximum atomic E-state index is 14.0. The quantitative estimate of drug-likeness (QED) is 0.780. The minimum atomic E-state index is -0.496. The summed E-state index contributed by atoms with van der Waals surface area (Å²) in [5, 5.41) is 4.15. The van der Waals surface area contributed by atoms with Gasteiger partial charge in [0.15, 0.2) is 0 Å². The minimum Gasteiger partial charge on any atom is -0.312 e. The Balaban J connectivity index is 2.40. The maximum absolute atomic E-state index is 14.0. The van der Waals surface area contributed by atoms with Crippen LogP contribution in [0.15, 0.2) is 12.1 Å². The Hall–Kier alpha value is -1.00. The minimum absolute atomic E-state index is 0.449. The van der Waals surface area contributed by atoms with E-state index in [0.29, 0.717) is 16.5 Å². The largest absolute Gasteiger partial charge is 0.312 e. The third-order valence-electron chi connectivity index (χ3n) is 3.35. The molecule has 21 heavy (non-hydrogen) atoms. The third-order valence-corrected chi connectivity index (χ3v) is 4.60. The van der Waals surface area contributed by atoms with E-state index in [2.05, 4.69) is 33.0 Å². The van der Waals surface area contributed by atoms with Gasteiger partial charge >= 0.3 is 0 Å². The molecule has 0 aliphatic heterocycles. The SMILES string of the molecule is CC(C)CNCc1sc2c(F)cc(F)cc2c1CC(C)C. The van der Waals surface area contributed by atoms with Crippen LogP contribution in [0.2, 0.25) is 0 Å². The van der Waals surface area contributed by atoms with Crippen molar-refractivity contribution in [2.45, 2.75) is 40.7 Å². The van der Waals surface area contributed by atoms with E-state index < -0.39 is 11.6 Å². The Labute approximate surface area is 129 Å². The van der Waals surface area contributed by atoms with E-state index in [9.17, 15) is 8.78 Å². The van der Waals surface area contributed by atoms with Gasteiger partial charge in [-0.2, -0.15) is 0 Å². The summed E-state index contributed by atoms with van der Waals surface area (Å²) < 4.78 is 28.1. The number of benzene rings is 1. The van der Waals surface area contributed by atoms with Gasteiger partial charge in [0, 0.05) is 22.9 Å². The van der Waals surface area contributed by atoms with E-state index in [-0.39, 0.29) is 0 Å². The molecule has 0 aliphatic carbocycles. The van der Waals surface area contributed by atoms with Gasteiger partial charge in [0.2, 0.25) is 0 Å². The van der Waals surface area contributed by atoms with E-state index in [1.54, 1.807) is 0 Å². The van der Waals surface area contributed by atoms with Crippen molar-refractivity contribution in [1.29, 1.82) is 0 Å². The van der Waals surface area contributed by atoms with Crippen LogP contribution >= 0.6 is 11.3 Å². The first kappa shape index (κ1) is 16.4. The van der Waals surface area contributed by atoms with Crippen LogP contribution in [0, 0.1) is 23.5 Å². The molecular formula is C17H23F2NS. The highest BCUT2D eigenvalue weighted by Crippen LogP contribution is 2.35. The zero-order valence-corrected chi connectivity index (χ0v) is 13.9. The van der Waals surface area contributed by atoms with Crippen molar-refractivity contribution in [3.63, 3.8) is 0 Å². The fourth-order valence-electron chi connectivity index (χ4n) is 2.47. The summed E-state index contributed by atoms with van der Waals surface area (Å²) in [6.07, 6.45) is 0.849. The Morgan fingerprint density at radius 1 is 1.10 bits per heavy atom. The molecule has 116 valence electrons. The molecule has 0 bridgehead atoms. The lowest BCUT2D eigenvalue weighted by atomic mass is 9.99. The summed E-state index contributed by atoms with van der Waals surface area (Å²) in [7, 11) is 0. The summed E-state index contributed by atoms with van der Waals surface area (Å²) in [6, 6.07) is 2.45. The van der Waals surface area contributed by atoms with Crippen molar-refractivity contribution in [3.8, 4) is 0 Å². The number of fused-ring (bicyclic) bond motifs is 1. The van der Waals surface area contributed by atoms with Crippen LogP contribution in [0.4, 0.5) is 8.78 Å². The molecule has 0 unspecified atom stereocenters. The van der Waals surface area contributed by atoms with E-state index in [1.807, 2.05) is 0 Å². The summed E-state index contributed by atoms with van der Waals surface area (Å²) >= 11 is 1.45. The summed E-state index contributed by atoms with van der Waals surface area (Å²) in [4.78, 5) is 1.13. The number of hydrogen-bond donors (Lipinski definition) is 1. The van der Waals surface area contributed by atoms with Crippen molar-refractivity contribution >= 4 is 21.4 Å². The third kappa shape index (κ3) is 4.01. The molecule has 1 nitrogen and oxygen atoms in total. The van der Waals surface area contributed by atoms with Gasteiger partial charge in [0.25, 0.3) is 0 Å². The van der Waals surface area contributed by atoms with Crippen LogP contribution < -0.4 is 5.32 Å². The van der Waals surface area contributed by atoms with Crippen LogP contribution in [-0.4, -0.2) is 6.54 Å². The maximum Gasteiger partial charge on any atom is 0.143 e. The average molecular weight is 311 g/mol. The normalized spacial score (nSPS) is 12.0. The first-order chi connectivity index (χ1) is 9.88. The van der Waals surface area contributed by atoms with Gasteiger partial charge in [-0.25, -0.2) is 8.78 Å². The molecule has 4 heteroatoms. The zero-order chi connectivity index (χ0) is 15.6. The lowest BCUT2D eigenvalue weighted by molar-refractivity contribution is 0.552. The molecule has 2 aromatic rings. The predicted molar refractivity (Wildman–Crippen MR) is 86.8 cm³/mol. The smallest absolute Gasteiger partial charge is 0.143 e.